The van der Waals surface area contributed by atoms with E-state index < -0.39 is 0 Å². The van der Waals surface area contributed by atoms with Crippen molar-refractivity contribution in [1.82, 2.24) is 15.5 Å². The Morgan fingerprint density at radius 1 is 1.38 bits per heavy atom. The molecule has 24 heavy (non-hydrogen) atoms. The highest BCUT2D eigenvalue weighted by atomic mass is 19.1. The summed E-state index contributed by atoms with van der Waals surface area (Å²) < 4.78 is 13.8. The molecule has 1 unspecified atom stereocenters. The molecule has 1 aromatic carbocycles. The van der Waals surface area contributed by atoms with E-state index >= 15 is 0 Å². The lowest BCUT2D eigenvalue weighted by molar-refractivity contribution is -0.122. The summed E-state index contributed by atoms with van der Waals surface area (Å²) >= 11 is 0. The second-order valence-electron chi connectivity index (χ2n) is 7.21. The van der Waals surface area contributed by atoms with Crippen molar-refractivity contribution >= 4 is 5.91 Å². The zero-order chi connectivity index (χ0) is 17.5. The van der Waals surface area contributed by atoms with Crippen LogP contribution in [0.15, 0.2) is 18.2 Å². The second kappa shape index (κ2) is 9.14. The van der Waals surface area contributed by atoms with E-state index in [0.717, 1.165) is 31.5 Å². The van der Waals surface area contributed by atoms with Crippen LogP contribution in [0.3, 0.4) is 0 Å². The predicted octanol–water partition coefficient (Wildman–Crippen LogP) is 2.53. The van der Waals surface area contributed by atoms with Crippen LogP contribution in [0.25, 0.3) is 0 Å². The van der Waals surface area contributed by atoms with Crippen LogP contribution in [0.1, 0.15) is 37.3 Å². The highest BCUT2D eigenvalue weighted by molar-refractivity contribution is 5.76. The molecule has 0 spiro atoms. The third-order valence-corrected chi connectivity index (χ3v) is 4.78. The first-order valence-electron chi connectivity index (χ1n) is 8.85. The van der Waals surface area contributed by atoms with Crippen molar-refractivity contribution in [2.75, 3.05) is 27.2 Å². The molecule has 0 bridgehead atoms. The highest BCUT2D eigenvalue weighted by Gasteiger charge is 2.21. The summed E-state index contributed by atoms with van der Waals surface area (Å²) in [6, 6.07) is 5.06. The normalized spacial score (nSPS) is 17.0. The molecule has 134 valence electrons. The molecule has 1 fully saturated rings. The van der Waals surface area contributed by atoms with E-state index in [1.165, 1.54) is 6.07 Å². The van der Waals surface area contributed by atoms with Gasteiger partial charge in [-0.15, -0.1) is 0 Å². The van der Waals surface area contributed by atoms with Crippen LogP contribution in [0.2, 0.25) is 0 Å². The molecule has 0 aliphatic carbocycles. The molecule has 2 N–H and O–H groups in total. The minimum Gasteiger partial charge on any atom is -0.352 e. The number of carbonyl (C=O) groups excluding carboxylic acids is 1. The average Bonchev–Trinajstić information content (AvgIpc) is 2.56. The van der Waals surface area contributed by atoms with E-state index in [2.05, 4.69) is 17.6 Å². The number of nitrogens with one attached hydrogen (secondary N) is 2. The smallest absolute Gasteiger partial charge is 0.220 e. The molecular formula is C19H30FN3O. The Hall–Kier alpha value is -1.46. The molecule has 5 heteroatoms. The molecule has 1 aromatic rings. The zero-order valence-corrected chi connectivity index (χ0v) is 15.1. The number of hydrogen-bond acceptors (Lipinski definition) is 3. The molecule has 1 aliphatic heterocycles. The van der Waals surface area contributed by atoms with Gasteiger partial charge in [-0.25, -0.2) is 4.39 Å². The molecule has 0 radical (unpaired) electrons. The van der Waals surface area contributed by atoms with Crippen LogP contribution in [-0.2, 0) is 17.9 Å². The number of benzene rings is 1. The standard InChI is InChI=1S/C19H30FN3O/c1-14(16-6-8-21-9-7-16)10-19(24)22-12-15-4-5-18(20)17(11-15)13-23(2)3/h4-5,11,14,16,21H,6-10,12-13H2,1-3H3,(H,22,24). The van der Waals surface area contributed by atoms with Crippen molar-refractivity contribution in [3.63, 3.8) is 0 Å². The molecular weight excluding hydrogens is 305 g/mol. The molecule has 0 aromatic heterocycles. The van der Waals surface area contributed by atoms with Crippen molar-refractivity contribution < 1.29 is 9.18 Å². The van der Waals surface area contributed by atoms with Crippen molar-refractivity contribution in [2.24, 2.45) is 11.8 Å². The number of nitrogens with zero attached hydrogens (tertiary/aromatic N) is 1. The van der Waals surface area contributed by atoms with Crippen LogP contribution in [0, 0.1) is 17.7 Å². The Labute approximate surface area is 144 Å². The fourth-order valence-corrected chi connectivity index (χ4v) is 3.35. The number of piperidine rings is 1. The lowest BCUT2D eigenvalue weighted by Gasteiger charge is -2.27. The average molecular weight is 335 g/mol. The zero-order valence-electron chi connectivity index (χ0n) is 15.1. The topological polar surface area (TPSA) is 44.4 Å². The van der Waals surface area contributed by atoms with Gasteiger partial charge in [0.05, 0.1) is 0 Å². The Bertz CT molecular complexity index is 541. The van der Waals surface area contributed by atoms with Gasteiger partial charge in [-0.05, 0) is 69.6 Å². The first-order valence-corrected chi connectivity index (χ1v) is 8.85. The number of amides is 1. The maximum atomic E-state index is 13.8. The Morgan fingerprint density at radius 2 is 2.08 bits per heavy atom. The first-order chi connectivity index (χ1) is 11.5. The van der Waals surface area contributed by atoms with E-state index in [0.29, 0.717) is 36.9 Å². The van der Waals surface area contributed by atoms with Crippen molar-refractivity contribution in [1.29, 1.82) is 0 Å². The minimum atomic E-state index is -0.196. The summed E-state index contributed by atoms with van der Waals surface area (Å²) in [4.78, 5) is 14.1. The van der Waals surface area contributed by atoms with Gasteiger partial charge < -0.3 is 15.5 Å². The van der Waals surface area contributed by atoms with Crippen molar-refractivity contribution in [3.8, 4) is 0 Å². The van der Waals surface area contributed by atoms with Gasteiger partial charge in [-0.2, -0.15) is 0 Å². The fourth-order valence-electron chi connectivity index (χ4n) is 3.35. The predicted molar refractivity (Wildman–Crippen MR) is 95.0 cm³/mol. The molecule has 2 rings (SSSR count). The van der Waals surface area contributed by atoms with Gasteiger partial charge in [0.2, 0.25) is 5.91 Å². The molecule has 1 saturated heterocycles. The second-order valence-corrected chi connectivity index (χ2v) is 7.21. The number of rotatable bonds is 7. The Morgan fingerprint density at radius 3 is 2.75 bits per heavy atom. The summed E-state index contributed by atoms with van der Waals surface area (Å²) in [5.74, 6) is 0.928. The van der Waals surface area contributed by atoms with Crippen LogP contribution < -0.4 is 10.6 Å². The van der Waals surface area contributed by atoms with E-state index in [1.54, 1.807) is 6.07 Å². The van der Waals surface area contributed by atoms with Gasteiger partial charge in [0.1, 0.15) is 5.82 Å². The third-order valence-electron chi connectivity index (χ3n) is 4.78. The summed E-state index contributed by atoms with van der Waals surface area (Å²) in [6.45, 7) is 5.29. The maximum Gasteiger partial charge on any atom is 0.220 e. The molecule has 4 nitrogen and oxygen atoms in total. The van der Waals surface area contributed by atoms with Crippen LogP contribution in [0.5, 0.6) is 0 Å². The van der Waals surface area contributed by atoms with E-state index in [9.17, 15) is 9.18 Å². The molecule has 0 saturated carbocycles. The van der Waals surface area contributed by atoms with E-state index in [1.807, 2.05) is 25.1 Å². The summed E-state index contributed by atoms with van der Waals surface area (Å²) in [6.07, 6.45) is 2.87. The van der Waals surface area contributed by atoms with E-state index in [4.69, 9.17) is 0 Å². The van der Waals surface area contributed by atoms with Gasteiger partial charge in [0.15, 0.2) is 0 Å². The Balaban J connectivity index is 1.82. The number of hydrogen-bond donors (Lipinski definition) is 2. The number of carbonyl (C=O) groups is 1. The number of halogens is 1. The molecule has 1 amide bonds. The quantitative estimate of drug-likeness (QED) is 0.805. The summed E-state index contributed by atoms with van der Waals surface area (Å²) in [7, 11) is 3.83. The lowest BCUT2D eigenvalue weighted by Crippen LogP contribution is -2.33. The summed E-state index contributed by atoms with van der Waals surface area (Å²) in [5, 5.41) is 6.34. The summed E-state index contributed by atoms with van der Waals surface area (Å²) in [5.41, 5.74) is 1.60. The monoisotopic (exact) mass is 335 g/mol. The van der Waals surface area contributed by atoms with Gasteiger partial charge in [-0.1, -0.05) is 13.0 Å². The van der Waals surface area contributed by atoms with Crippen molar-refractivity contribution in [3.05, 3.63) is 35.1 Å². The lowest BCUT2D eigenvalue weighted by atomic mass is 9.84. The van der Waals surface area contributed by atoms with Gasteiger partial charge in [-0.3, -0.25) is 4.79 Å². The van der Waals surface area contributed by atoms with Gasteiger partial charge in [0.25, 0.3) is 0 Å². The minimum absolute atomic E-state index is 0.0829. The molecule has 1 heterocycles. The van der Waals surface area contributed by atoms with Crippen molar-refractivity contribution in [2.45, 2.75) is 39.3 Å². The SMILES string of the molecule is CC(CC(=O)NCc1ccc(F)c(CN(C)C)c1)C1CCNCC1. The fraction of sp³-hybridized carbons (Fsp3) is 0.632. The van der Waals surface area contributed by atoms with Crippen LogP contribution in [0.4, 0.5) is 4.39 Å². The van der Waals surface area contributed by atoms with Gasteiger partial charge in [0, 0.05) is 25.1 Å². The third kappa shape index (κ3) is 5.87. The van der Waals surface area contributed by atoms with Crippen LogP contribution >= 0.6 is 0 Å². The molecule has 1 atom stereocenters. The highest BCUT2D eigenvalue weighted by Crippen LogP contribution is 2.24. The van der Waals surface area contributed by atoms with Crippen LogP contribution in [-0.4, -0.2) is 38.0 Å². The van der Waals surface area contributed by atoms with Gasteiger partial charge >= 0.3 is 0 Å². The van der Waals surface area contributed by atoms with E-state index in [-0.39, 0.29) is 11.7 Å². The maximum absolute atomic E-state index is 13.8. The molecule has 1 aliphatic rings. The largest absolute Gasteiger partial charge is 0.352 e. The Kier molecular flexibility index (Phi) is 7.18. The first kappa shape index (κ1) is 18.9.